The topological polar surface area (TPSA) is 54.0 Å². The maximum atomic E-state index is 12.2. The van der Waals surface area contributed by atoms with Crippen molar-refractivity contribution in [2.24, 2.45) is 0 Å². The van der Waals surface area contributed by atoms with Gasteiger partial charge in [0.05, 0.1) is 10.6 Å². The Morgan fingerprint density at radius 1 is 1.60 bits per heavy atom. The van der Waals surface area contributed by atoms with Gasteiger partial charge in [0.2, 0.25) is 0 Å². The molecule has 0 bridgehead atoms. The molecule has 0 saturated carbocycles. The molecule has 20 heavy (non-hydrogen) atoms. The largest absolute Gasteiger partial charge is 0.350 e. The molecule has 0 spiro atoms. The average Bonchev–Trinajstić information content (AvgIpc) is 3.17. The van der Waals surface area contributed by atoms with Crippen LogP contribution in [0.5, 0.6) is 0 Å². The zero-order valence-corrected chi connectivity index (χ0v) is 12.9. The van der Waals surface area contributed by atoms with E-state index in [1.165, 1.54) is 17.8 Å². The quantitative estimate of drug-likeness (QED) is 0.913. The molecule has 1 saturated heterocycles. The second kappa shape index (κ2) is 6.03. The van der Waals surface area contributed by atoms with Crippen molar-refractivity contribution in [2.45, 2.75) is 25.8 Å². The highest BCUT2D eigenvalue weighted by Crippen LogP contribution is 2.30. The second-order valence-electron chi connectivity index (χ2n) is 4.91. The molecule has 1 aliphatic heterocycles. The van der Waals surface area contributed by atoms with E-state index >= 15 is 0 Å². The monoisotopic (exact) mass is 307 g/mol. The molecule has 2 N–H and O–H groups in total. The fourth-order valence-corrected chi connectivity index (χ4v) is 4.12. The Bertz CT molecular complexity index is 586. The molecule has 0 aliphatic carbocycles. The van der Waals surface area contributed by atoms with E-state index < -0.39 is 0 Å². The first-order chi connectivity index (χ1) is 9.74. The molecule has 0 aromatic carbocycles. The van der Waals surface area contributed by atoms with E-state index in [2.05, 4.69) is 15.6 Å². The molecule has 2 aromatic rings. The van der Waals surface area contributed by atoms with E-state index in [1.807, 2.05) is 24.4 Å². The van der Waals surface area contributed by atoms with Gasteiger partial charge in [-0.3, -0.25) is 4.79 Å². The second-order valence-corrected chi connectivity index (χ2v) is 6.86. The van der Waals surface area contributed by atoms with Crippen molar-refractivity contribution < 1.29 is 4.79 Å². The third-order valence-corrected chi connectivity index (χ3v) is 5.60. The number of thiazole rings is 1. The molecule has 3 rings (SSSR count). The van der Waals surface area contributed by atoms with Crippen LogP contribution in [0, 0.1) is 6.92 Å². The molecule has 3 heterocycles. The van der Waals surface area contributed by atoms with E-state index in [9.17, 15) is 4.79 Å². The molecule has 106 valence electrons. The number of rotatable bonds is 4. The number of hydrogen-bond donors (Lipinski definition) is 2. The summed E-state index contributed by atoms with van der Waals surface area (Å²) in [6, 6.07) is 4.46. The number of carbonyl (C=O) groups excluding carboxylic acids is 1. The number of carbonyl (C=O) groups is 1. The maximum Gasteiger partial charge on any atom is 0.263 e. The normalized spacial score (nSPS) is 18.4. The molecule has 4 nitrogen and oxygen atoms in total. The van der Waals surface area contributed by atoms with Gasteiger partial charge >= 0.3 is 0 Å². The summed E-state index contributed by atoms with van der Waals surface area (Å²) in [7, 11) is 0. The van der Waals surface area contributed by atoms with E-state index in [0.29, 0.717) is 12.6 Å². The Balaban J connectivity index is 1.68. The summed E-state index contributed by atoms with van der Waals surface area (Å²) in [6.45, 7) is 3.66. The lowest BCUT2D eigenvalue weighted by molar-refractivity contribution is 0.0953. The van der Waals surface area contributed by atoms with Crippen molar-refractivity contribution in [3.63, 3.8) is 0 Å². The third kappa shape index (κ3) is 2.92. The van der Waals surface area contributed by atoms with Crippen LogP contribution in [-0.4, -0.2) is 30.0 Å². The number of nitrogens with zero attached hydrogens (tertiary/aromatic N) is 1. The van der Waals surface area contributed by atoms with E-state index in [0.717, 1.165) is 33.4 Å². The zero-order valence-electron chi connectivity index (χ0n) is 11.3. The first-order valence-electron chi connectivity index (χ1n) is 6.77. The lowest BCUT2D eigenvalue weighted by Crippen LogP contribution is -2.37. The third-order valence-electron chi connectivity index (χ3n) is 3.41. The molecular formula is C14H17N3OS2. The summed E-state index contributed by atoms with van der Waals surface area (Å²) in [5, 5.41) is 9.35. The van der Waals surface area contributed by atoms with Crippen LogP contribution in [0.3, 0.4) is 0 Å². The van der Waals surface area contributed by atoms with Crippen molar-refractivity contribution in [3.05, 3.63) is 28.1 Å². The summed E-state index contributed by atoms with van der Waals surface area (Å²) in [5.74, 6) is -0.00324. The Labute approximate surface area is 126 Å². The maximum absolute atomic E-state index is 12.2. The van der Waals surface area contributed by atoms with Crippen LogP contribution >= 0.6 is 22.7 Å². The van der Waals surface area contributed by atoms with E-state index in [4.69, 9.17) is 0 Å². The molecular weight excluding hydrogens is 290 g/mol. The van der Waals surface area contributed by atoms with Crippen LogP contribution in [0.4, 0.5) is 0 Å². The van der Waals surface area contributed by atoms with Gasteiger partial charge < -0.3 is 10.6 Å². The van der Waals surface area contributed by atoms with Crippen molar-refractivity contribution in [1.82, 2.24) is 15.6 Å². The summed E-state index contributed by atoms with van der Waals surface area (Å²) in [5.41, 5.74) is 0.815. The van der Waals surface area contributed by atoms with Crippen molar-refractivity contribution >= 4 is 28.6 Å². The highest BCUT2D eigenvalue weighted by Gasteiger charge is 2.19. The lowest BCUT2D eigenvalue weighted by Gasteiger charge is -2.10. The number of hydrogen-bond acceptors (Lipinski definition) is 5. The SMILES string of the molecule is Cc1nc(-c2cccs2)sc1C(=O)NCC1CCCN1. The van der Waals surface area contributed by atoms with Crippen LogP contribution in [0.2, 0.25) is 0 Å². The Morgan fingerprint density at radius 3 is 3.20 bits per heavy atom. The summed E-state index contributed by atoms with van der Waals surface area (Å²) in [6.07, 6.45) is 2.34. The molecule has 0 radical (unpaired) electrons. The Morgan fingerprint density at radius 2 is 2.50 bits per heavy atom. The molecule has 2 aromatic heterocycles. The molecule has 1 unspecified atom stereocenters. The number of aromatic nitrogens is 1. The van der Waals surface area contributed by atoms with Gasteiger partial charge in [0.15, 0.2) is 0 Å². The van der Waals surface area contributed by atoms with Crippen molar-refractivity contribution in [1.29, 1.82) is 0 Å². The zero-order chi connectivity index (χ0) is 13.9. The fraction of sp³-hybridized carbons (Fsp3) is 0.429. The van der Waals surface area contributed by atoms with E-state index in [1.54, 1.807) is 11.3 Å². The Kier molecular flexibility index (Phi) is 4.14. The Hall–Kier alpha value is -1.24. The van der Waals surface area contributed by atoms with Gasteiger partial charge in [-0.05, 0) is 37.8 Å². The average molecular weight is 307 g/mol. The number of aryl methyl sites for hydroxylation is 1. The van der Waals surface area contributed by atoms with Gasteiger partial charge in [0, 0.05) is 12.6 Å². The molecule has 1 aliphatic rings. The summed E-state index contributed by atoms with van der Waals surface area (Å²) < 4.78 is 0. The van der Waals surface area contributed by atoms with E-state index in [-0.39, 0.29) is 5.91 Å². The lowest BCUT2D eigenvalue weighted by atomic mass is 10.2. The van der Waals surface area contributed by atoms with Crippen molar-refractivity contribution in [3.8, 4) is 9.88 Å². The standard InChI is InChI=1S/C14H17N3OS2/c1-9-12(13(18)16-8-10-4-2-6-15-10)20-14(17-9)11-5-3-7-19-11/h3,5,7,10,15H,2,4,6,8H2,1H3,(H,16,18). The van der Waals surface area contributed by atoms with Gasteiger partial charge in [-0.2, -0.15) is 0 Å². The number of amides is 1. The minimum atomic E-state index is -0.00324. The van der Waals surface area contributed by atoms with Crippen LogP contribution in [0.15, 0.2) is 17.5 Å². The van der Waals surface area contributed by atoms with Crippen LogP contribution in [0.25, 0.3) is 9.88 Å². The minimum absolute atomic E-state index is 0.00324. The van der Waals surface area contributed by atoms with Gasteiger partial charge in [-0.25, -0.2) is 4.98 Å². The number of nitrogens with one attached hydrogen (secondary N) is 2. The molecule has 1 amide bonds. The van der Waals surface area contributed by atoms with Crippen LogP contribution in [0.1, 0.15) is 28.2 Å². The van der Waals surface area contributed by atoms with Gasteiger partial charge in [0.25, 0.3) is 5.91 Å². The predicted molar refractivity (Wildman–Crippen MR) is 83.5 cm³/mol. The van der Waals surface area contributed by atoms with Crippen molar-refractivity contribution in [2.75, 3.05) is 13.1 Å². The first-order valence-corrected chi connectivity index (χ1v) is 8.46. The van der Waals surface area contributed by atoms with Crippen LogP contribution < -0.4 is 10.6 Å². The predicted octanol–water partition coefficient (Wildman–Crippen LogP) is 2.66. The highest BCUT2D eigenvalue weighted by molar-refractivity contribution is 7.22. The van der Waals surface area contributed by atoms with Gasteiger partial charge in [0.1, 0.15) is 9.88 Å². The molecule has 1 atom stereocenters. The highest BCUT2D eigenvalue weighted by atomic mass is 32.1. The summed E-state index contributed by atoms with van der Waals surface area (Å²) >= 11 is 3.12. The smallest absolute Gasteiger partial charge is 0.263 e. The van der Waals surface area contributed by atoms with Gasteiger partial charge in [-0.1, -0.05) is 6.07 Å². The number of thiophene rings is 1. The molecule has 6 heteroatoms. The van der Waals surface area contributed by atoms with Gasteiger partial charge in [-0.15, -0.1) is 22.7 Å². The fourth-order valence-electron chi connectivity index (χ4n) is 2.34. The summed E-state index contributed by atoms with van der Waals surface area (Å²) in [4.78, 5) is 18.6. The van der Waals surface area contributed by atoms with Crippen LogP contribution in [-0.2, 0) is 0 Å². The minimum Gasteiger partial charge on any atom is -0.350 e. The first kappa shape index (κ1) is 13.7. The molecule has 1 fully saturated rings.